The second-order valence-corrected chi connectivity index (χ2v) is 16.7. The van der Waals surface area contributed by atoms with Gasteiger partial charge in [-0.2, -0.15) is 0 Å². The lowest BCUT2D eigenvalue weighted by Gasteiger charge is -2.25. The first-order valence-corrected chi connectivity index (χ1v) is 23.6. The highest BCUT2D eigenvalue weighted by molar-refractivity contribution is 5.71. The Morgan fingerprint density at radius 1 is 0.517 bits per heavy atom. The van der Waals surface area contributed by atoms with Crippen LogP contribution in [0.5, 0.6) is 0 Å². The fourth-order valence-corrected chi connectivity index (χ4v) is 6.04. The number of quaternary nitrogens is 1. The maximum absolute atomic E-state index is 12.8. The number of hydrogen-bond donors (Lipinski definition) is 1. The van der Waals surface area contributed by atoms with E-state index in [0.29, 0.717) is 17.4 Å². The van der Waals surface area contributed by atoms with Crippen LogP contribution in [0.1, 0.15) is 174 Å². The van der Waals surface area contributed by atoms with Crippen LogP contribution in [0, 0.1) is 0 Å². The monoisotopic (exact) mass is 843 g/mol. The molecule has 1 N–H and O–H groups in total. The first-order valence-electron chi connectivity index (χ1n) is 23.6. The van der Waals surface area contributed by atoms with Gasteiger partial charge in [0.05, 0.1) is 34.4 Å². The summed E-state index contributed by atoms with van der Waals surface area (Å²) in [6.45, 7) is 4.67. The van der Waals surface area contributed by atoms with E-state index in [9.17, 15) is 19.5 Å². The molecule has 0 amide bonds. The van der Waals surface area contributed by atoms with E-state index in [1.165, 1.54) is 70.6 Å². The summed E-state index contributed by atoms with van der Waals surface area (Å²) >= 11 is 0. The number of carbonyl (C=O) groups excluding carboxylic acids is 2. The van der Waals surface area contributed by atoms with E-state index >= 15 is 0 Å². The van der Waals surface area contributed by atoms with Crippen molar-refractivity contribution in [3.8, 4) is 0 Å². The number of allylic oxidation sites excluding steroid dienone is 12. The van der Waals surface area contributed by atoms with Gasteiger partial charge in [0.15, 0.2) is 6.10 Å². The predicted molar refractivity (Wildman–Crippen MR) is 249 cm³/mol. The molecule has 0 spiro atoms. The molecule has 0 bridgehead atoms. The lowest BCUT2D eigenvalue weighted by molar-refractivity contribution is -0.870. The molecular formula is C51H88NO8+. The highest BCUT2D eigenvalue weighted by Crippen LogP contribution is 2.13. The standard InChI is InChI=1S/C51H87NO8/c1-6-8-10-12-14-16-18-20-22-24-26-27-29-31-33-35-37-39-41-48(53)58-45-47(46-59-51(50(55)56)57-44-43-52(3,4)5)60-49(54)42-40-38-36-34-32-30-28-25-23-21-19-17-15-13-11-9-7-2/h9,11,15,17,21-24,28,30,34,36,47,51H,6-8,10,12-14,16,18-20,25-27,29,31-33,35,37-46H2,1-5H3/p+1/b11-9-,17-15-,23-21-,24-22-,30-28-,36-34-. The number of unbranched alkanes of at least 4 members (excludes halogenated alkanes) is 15. The van der Waals surface area contributed by atoms with Crippen LogP contribution in [-0.4, -0.2) is 87.4 Å². The number of likely N-dealkylation sites (N-methyl/N-ethyl adjacent to an activating group) is 1. The first-order chi connectivity index (χ1) is 29.1. The molecule has 0 fully saturated rings. The third-order valence-corrected chi connectivity index (χ3v) is 9.70. The van der Waals surface area contributed by atoms with Crippen molar-refractivity contribution in [1.29, 1.82) is 0 Å². The molecule has 344 valence electrons. The molecule has 0 radical (unpaired) electrons. The number of carboxylic acid groups (broad SMARTS) is 1. The van der Waals surface area contributed by atoms with E-state index in [2.05, 4.69) is 86.8 Å². The van der Waals surface area contributed by atoms with Gasteiger partial charge in [-0.05, 0) is 77.0 Å². The Morgan fingerprint density at radius 2 is 0.967 bits per heavy atom. The Kier molecular flexibility index (Phi) is 40.1. The molecule has 0 saturated heterocycles. The molecule has 2 atom stereocenters. The number of hydrogen-bond acceptors (Lipinski definition) is 7. The van der Waals surface area contributed by atoms with Gasteiger partial charge >= 0.3 is 17.9 Å². The molecule has 0 aliphatic heterocycles. The molecule has 0 aromatic carbocycles. The molecule has 0 rings (SSSR count). The van der Waals surface area contributed by atoms with Gasteiger partial charge in [0, 0.05) is 12.8 Å². The lowest BCUT2D eigenvalue weighted by atomic mass is 10.1. The molecule has 0 saturated carbocycles. The van der Waals surface area contributed by atoms with Crippen LogP contribution in [-0.2, 0) is 33.3 Å². The van der Waals surface area contributed by atoms with Crippen molar-refractivity contribution in [2.75, 3.05) is 47.5 Å². The van der Waals surface area contributed by atoms with Crippen LogP contribution >= 0.6 is 0 Å². The Balaban J connectivity index is 4.51. The maximum Gasteiger partial charge on any atom is 0.361 e. The molecule has 0 aliphatic carbocycles. The zero-order chi connectivity index (χ0) is 44.2. The lowest BCUT2D eigenvalue weighted by Crippen LogP contribution is -2.40. The second-order valence-electron chi connectivity index (χ2n) is 16.7. The average Bonchev–Trinajstić information content (AvgIpc) is 3.21. The van der Waals surface area contributed by atoms with Gasteiger partial charge in [-0.1, -0.05) is 157 Å². The number of rotatable bonds is 42. The molecular weight excluding hydrogens is 755 g/mol. The summed E-state index contributed by atoms with van der Waals surface area (Å²) in [5, 5.41) is 9.64. The first kappa shape index (κ1) is 56.7. The third-order valence-electron chi connectivity index (χ3n) is 9.70. The number of ether oxygens (including phenoxy) is 4. The van der Waals surface area contributed by atoms with Crippen LogP contribution in [0.2, 0.25) is 0 Å². The van der Waals surface area contributed by atoms with Crippen molar-refractivity contribution in [2.45, 2.75) is 187 Å². The predicted octanol–water partition coefficient (Wildman–Crippen LogP) is 12.7. The molecule has 0 heterocycles. The largest absolute Gasteiger partial charge is 0.477 e. The minimum absolute atomic E-state index is 0.173. The number of carboxylic acids is 1. The van der Waals surface area contributed by atoms with Gasteiger partial charge in [0.1, 0.15) is 13.2 Å². The summed E-state index contributed by atoms with van der Waals surface area (Å²) in [6.07, 6.45) is 49.7. The van der Waals surface area contributed by atoms with Crippen molar-refractivity contribution in [1.82, 2.24) is 0 Å². The fourth-order valence-electron chi connectivity index (χ4n) is 6.04. The Bertz CT molecular complexity index is 1210. The summed E-state index contributed by atoms with van der Waals surface area (Å²) in [6, 6.07) is 0. The summed E-state index contributed by atoms with van der Waals surface area (Å²) in [7, 11) is 5.93. The SMILES string of the molecule is CC/C=C\C/C=C\C/C=C\C/C=C\C/C=C\CCCC(=O)OC(COC(=O)CCCCCCCCC/C=C\CCCCCCCCC)COC(OCC[N+](C)(C)C)C(=O)O. The Morgan fingerprint density at radius 3 is 1.48 bits per heavy atom. The third kappa shape index (κ3) is 42.8. The van der Waals surface area contributed by atoms with Crippen molar-refractivity contribution >= 4 is 17.9 Å². The van der Waals surface area contributed by atoms with Crippen LogP contribution in [0.3, 0.4) is 0 Å². The average molecular weight is 843 g/mol. The van der Waals surface area contributed by atoms with Gasteiger partial charge in [0.25, 0.3) is 6.29 Å². The van der Waals surface area contributed by atoms with Gasteiger partial charge in [-0.25, -0.2) is 4.79 Å². The van der Waals surface area contributed by atoms with E-state index in [1.54, 1.807) is 0 Å². The van der Waals surface area contributed by atoms with Crippen molar-refractivity contribution < 1.29 is 42.9 Å². The molecule has 9 heteroatoms. The van der Waals surface area contributed by atoms with Crippen molar-refractivity contribution in [3.05, 3.63) is 72.9 Å². The topological polar surface area (TPSA) is 108 Å². The van der Waals surface area contributed by atoms with Crippen LogP contribution < -0.4 is 0 Å². The molecule has 60 heavy (non-hydrogen) atoms. The molecule has 0 aromatic rings. The number of esters is 2. The highest BCUT2D eigenvalue weighted by Gasteiger charge is 2.25. The van der Waals surface area contributed by atoms with E-state index in [1.807, 2.05) is 21.1 Å². The fraction of sp³-hybridized carbons (Fsp3) is 0.706. The molecule has 9 nitrogen and oxygen atoms in total. The molecule has 0 aliphatic rings. The smallest absolute Gasteiger partial charge is 0.361 e. The zero-order valence-electron chi connectivity index (χ0n) is 38.8. The van der Waals surface area contributed by atoms with E-state index in [4.69, 9.17) is 18.9 Å². The van der Waals surface area contributed by atoms with Crippen LogP contribution in [0.25, 0.3) is 0 Å². The zero-order valence-corrected chi connectivity index (χ0v) is 38.8. The van der Waals surface area contributed by atoms with E-state index < -0.39 is 24.3 Å². The highest BCUT2D eigenvalue weighted by atomic mass is 16.7. The van der Waals surface area contributed by atoms with Crippen LogP contribution in [0.15, 0.2) is 72.9 Å². The summed E-state index contributed by atoms with van der Waals surface area (Å²) in [5.41, 5.74) is 0. The van der Waals surface area contributed by atoms with E-state index in [0.717, 1.165) is 70.6 Å². The number of carbonyl (C=O) groups is 3. The van der Waals surface area contributed by atoms with Gasteiger partial charge in [-0.15, -0.1) is 0 Å². The van der Waals surface area contributed by atoms with Gasteiger partial charge < -0.3 is 28.5 Å². The second kappa shape index (κ2) is 42.4. The Hall–Kier alpha value is -3.27. The minimum atomic E-state index is -1.53. The molecule has 2 unspecified atom stereocenters. The van der Waals surface area contributed by atoms with Gasteiger partial charge in [0.2, 0.25) is 0 Å². The van der Waals surface area contributed by atoms with E-state index in [-0.39, 0.29) is 38.6 Å². The van der Waals surface area contributed by atoms with Crippen LogP contribution in [0.4, 0.5) is 0 Å². The quantitative estimate of drug-likeness (QED) is 0.0213. The summed E-state index contributed by atoms with van der Waals surface area (Å²) < 4.78 is 22.7. The Labute approximate surface area is 367 Å². The van der Waals surface area contributed by atoms with Gasteiger partial charge in [-0.3, -0.25) is 9.59 Å². The van der Waals surface area contributed by atoms with Crippen molar-refractivity contribution in [3.63, 3.8) is 0 Å². The van der Waals surface area contributed by atoms with Crippen molar-refractivity contribution in [2.24, 2.45) is 0 Å². The minimum Gasteiger partial charge on any atom is -0.477 e. The molecule has 0 aromatic heterocycles. The number of aliphatic carboxylic acids is 1. The maximum atomic E-state index is 12.8. The summed E-state index contributed by atoms with van der Waals surface area (Å²) in [4.78, 5) is 37.1. The number of nitrogens with zero attached hydrogens (tertiary/aromatic N) is 1. The summed E-state index contributed by atoms with van der Waals surface area (Å²) in [5.74, 6) is -2.10. The normalized spacial score (nSPS) is 13.6.